The number of aromatic amines is 1. The number of fused-ring (bicyclic) bond motifs is 1. The molecule has 0 aromatic carbocycles. The van der Waals surface area contributed by atoms with Gasteiger partial charge in [0.15, 0.2) is 5.82 Å². The van der Waals surface area contributed by atoms with E-state index in [1.807, 2.05) is 13.8 Å². The van der Waals surface area contributed by atoms with Crippen molar-refractivity contribution >= 4 is 46.8 Å². The lowest BCUT2D eigenvalue weighted by atomic mass is 10.1. The number of aryl methyl sites for hydroxylation is 1. The van der Waals surface area contributed by atoms with Gasteiger partial charge < -0.3 is 25.7 Å². The van der Waals surface area contributed by atoms with Gasteiger partial charge in [-0.25, -0.2) is 4.98 Å². The summed E-state index contributed by atoms with van der Waals surface area (Å²) in [5, 5.41) is 3.03. The van der Waals surface area contributed by atoms with Crippen molar-refractivity contribution in [3.63, 3.8) is 0 Å². The first-order chi connectivity index (χ1) is 19.7. The number of anilines is 2. The zero-order chi connectivity index (χ0) is 29.3. The predicted molar refractivity (Wildman–Crippen MR) is 158 cm³/mol. The topological polar surface area (TPSA) is 146 Å². The second-order valence-electron chi connectivity index (χ2n) is 10.3. The average molecular weight is 580 g/mol. The molecule has 0 spiro atoms. The third kappa shape index (κ3) is 5.90. The Kier molecular flexibility index (Phi) is 8.25. The molecule has 5 rings (SSSR count). The lowest BCUT2D eigenvalue weighted by Gasteiger charge is -2.32. The van der Waals surface area contributed by atoms with Crippen LogP contribution in [0.2, 0.25) is 5.15 Å². The number of methoxy groups -OCH3 is 1. The minimum Gasteiger partial charge on any atom is -0.496 e. The van der Waals surface area contributed by atoms with E-state index < -0.39 is 0 Å². The molecule has 0 unspecified atom stereocenters. The van der Waals surface area contributed by atoms with E-state index >= 15 is 0 Å². The normalized spacial score (nSPS) is 16.9. The maximum absolute atomic E-state index is 13.8. The number of carbonyl (C=O) groups is 2. The number of amides is 2. The number of nitrogens with zero attached hydrogens (tertiary/aromatic N) is 6. The minimum atomic E-state index is -0.338. The van der Waals surface area contributed by atoms with Crippen molar-refractivity contribution in [1.29, 1.82) is 0 Å². The molecule has 3 aromatic heterocycles. The molecule has 41 heavy (non-hydrogen) atoms. The molecule has 5 heterocycles. The summed E-state index contributed by atoms with van der Waals surface area (Å²) in [6, 6.07) is 3.42. The molecule has 0 saturated carbocycles. The van der Waals surface area contributed by atoms with E-state index in [0.717, 1.165) is 43.9 Å². The van der Waals surface area contributed by atoms with Gasteiger partial charge >= 0.3 is 0 Å². The molecule has 2 amide bonds. The zero-order valence-corrected chi connectivity index (χ0v) is 24.4. The van der Waals surface area contributed by atoms with Crippen molar-refractivity contribution in [1.82, 2.24) is 35.1 Å². The number of nitrogens with one attached hydrogen (secondary N) is 2. The SMILES string of the molecule is COc1c(C)cnc(CN2C(=O)C(=Cc3ccc(C(=O)NCCN4CCN(C)CC4)[nH]3)c3c(Cl)nc(N)nc32)c1C. The summed E-state index contributed by atoms with van der Waals surface area (Å²) >= 11 is 6.49. The minimum absolute atomic E-state index is 0.0469. The van der Waals surface area contributed by atoms with Crippen LogP contribution in [0.1, 0.15) is 38.6 Å². The quantitative estimate of drug-likeness (QED) is 0.270. The number of likely N-dealkylation sites (N-methyl/N-ethyl adjacent to an activating group) is 1. The lowest BCUT2D eigenvalue weighted by Crippen LogP contribution is -2.46. The first-order valence-corrected chi connectivity index (χ1v) is 13.8. The third-order valence-corrected chi connectivity index (χ3v) is 7.76. The van der Waals surface area contributed by atoms with Gasteiger partial charge in [0.1, 0.15) is 16.6 Å². The second-order valence-corrected chi connectivity index (χ2v) is 10.7. The number of ether oxygens (including phenoxy) is 1. The Morgan fingerprint density at radius 3 is 2.71 bits per heavy atom. The van der Waals surface area contributed by atoms with Crippen LogP contribution in [0.4, 0.5) is 11.8 Å². The van der Waals surface area contributed by atoms with Crippen molar-refractivity contribution in [2.24, 2.45) is 0 Å². The van der Waals surface area contributed by atoms with Gasteiger partial charge in [0.2, 0.25) is 5.95 Å². The molecule has 216 valence electrons. The molecule has 0 aliphatic carbocycles. The van der Waals surface area contributed by atoms with Crippen LogP contribution in [0.25, 0.3) is 11.6 Å². The Bertz CT molecular complexity index is 1510. The maximum atomic E-state index is 13.8. The Morgan fingerprint density at radius 2 is 1.98 bits per heavy atom. The predicted octanol–water partition coefficient (Wildman–Crippen LogP) is 2.13. The Labute approximate surface area is 243 Å². The summed E-state index contributed by atoms with van der Waals surface area (Å²) < 4.78 is 5.53. The third-order valence-electron chi connectivity index (χ3n) is 7.48. The molecule has 1 saturated heterocycles. The average Bonchev–Trinajstić information content (AvgIpc) is 3.50. The van der Waals surface area contributed by atoms with E-state index in [4.69, 9.17) is 22.1 Å². The van der Waals surface area contributed by atoms with E-state index in [1.165, 1.54) is 4.90 Å². The Balaban J connectivity index is 1.36. The van der Waals surface area contributed by atoms with Gasteiger partial charge in [-0.2, -0.15) is 4.98 Å². The molecule has 13 heteroatoms. The van der Waals surface area contributed by atoms with E-state index in [9.17, 15) is 9.59 Å². The summed E-state index contributed by atoms with van der Waals surface area (Å²) in [6.45, 7) is 9.30. The first kappa shape index (κ1) is 28.5. The van der Waals surface area contributed by atoms with E-state index in [1.54, 1.807) is 31.5 Å². The highest BCUT2D eigenvalue weighted by Gasteiger charge is 2.37. The van der Waals surface area contributed by atoms with Crippen molar-refractivity contribution in [3.05, 3.63) is 57.3 Å². The molecule has 0 radical (unpaired) electrons. The molecule has 4 N–H and O–H groups in total. The maximum Gasteiger partial charge on any atom is 0.267 e. The van der Waals surface area contributed by atoms with Crippen molar-refractivity contribution < 1.29 is 14.3 Å². The number of carbonyl (C=O) groups excluding carboxylic acids is 2. The van der Waals surface area contributed by atoms with Crippen LogP contribution in [-0.2, 0) is 11.3 Å². The van der Waals surface area contributed by atoms with E-state index in [0.29, 0.717) is 40.8 Å². The summed E-state index contributed by atoms with van der Waals surface area (Å²) in [5.41, 5.74) is 9.87. The lowest BCUT2D eigenvalue weighted by molar-refractivity contribution is -0.113. The van der Waals surface area contributed by atoms with Gasteiger partial charge in [0, 0.05) is 62.3 Å². The summed E-state index contributed by atoms with van der Waals surface area (Å²) in [5.74, 6) is 0.406. The van der Waals surface area contributed by atoms with Gasteiger partial charge in [-0.05, 0) is 39.1 Å². The molecular weight excluding hydrogens is 546 g/mol. The highest BCUT2D eigenvalue weighted by molar-refractivity contribution is 6.41. The van der Waals surface area contributed by atoms with Gasteiger partial charge in [0.25, 0.3) is 11.8 Å². The summed E-state index contributed by atoms with van der Waals surface area (Å²) in [7, 11) is 3.71. The van der Waals surface area contributed by atoms with E-state index in [2.05, 4.69) is 42.1 Å². The number of hydrogen-bond donors (Lipinski definition) is 3. The standard InChI is InChI=1S/C28H34ClN9O3/c1-16-14-32-21(17(2)23(16)41-4)15-38-25-22(24(29)34-28(30)35-25)19(27(38)40)13-18-5-6-20(33-18)26(39)31-7-8-37-11-9-36(3)10-12-37/h5-6,13-14,33H,7-12,15H2,1-4H3,(H,31,39)(H2,30,34,35). The molecule has 0 atom stereocenters. The first-order valence-electron chi connectivity index (χ1n) is 13.4. The monoisotopic (exact) mass is 579 g/mol. The number of aromatic nitrogens is 4. The molecule has 3 aromatic rings. The van der Waals surface area contributed by atoms with Crippen molar-refractivity contribution in [3.8, 4) is 5.75 Å². The largest absolute Gasteiger partial charge is 0.496 e. The number of hydrogen-bond acceptors (Lipinski definition) is 9. The van der Waals surface area contributed by atoms with Crippen LogP contribution in [0.5, 0.6) is 5.75 Å². The second kappa shape index (κ2) is 11.9. The van der Waals surface area contributed by atoms with Gasteiger partial charge in [-0.1, -0.05) is 11.6 Å². The number of piperazine rings is 1. The van der Waals surface area contributed by atoms with Crippen LogP contribution in [0, 0.1) is 13.8 Å². The molecule has 1 fully saturated rings. The summed E-state index contributed by atoms with van der Waals surface area (Å²) in [6.07, 6.45) is 3.35. The fraction of sp³-hybridized carbons (Fsp3) is 0.393. The van der Waals surface area contributed by atoms with Gasteiger partial charge in [-0.3, -0.25) is 24.4 Å². The van der Waals surface area contributed by atoms with Crippen LogP contribution in [0.3, 0.4) is 0 Å². The number of nitrogen functional groups attached to an aromatic ring is 1. The molecule has 2 aliphatic heterocycles. The zero-order valence-electron chi connectivity index (χ0n) is 23.6. The molecule has 12 nitrogen and oxygen atoms in total. The van der Waals surface area contributed by atoms with Crippen LogP contribution in [-0.4, -0.2) is 95.0 Å². The van der Waals surface area contributed by atoms with Crippen LogP contribution >= 0.6 is 11.6 Å². The molecule has 0 bridgehead atoms. The fourth-order valence-corrected chi connectivity index (χ4v) is 5.43. The van der Waals surface area contributed by atoms with Crippen LogP contribution < -0.4 is 20.7 Å². The van der Waals surface area contributed by atoms with Crippen molar-refractivity contribution in [2.45, 2.75) is 20.4 Å². The van der Waals surface area contributed by atoms with Crippen molar-refractivity contribution in [2.75, 3.05) is 64.1 Å². The Hall–Kier alpha value is -4.00. The summed E-state index contributed by atoms with van der Waals surface area (Å²) in [4.78, 5) is 48.7. The highest BCUT2D eigenvalue weighted by Crippen LogP contribution is 2.41. The number of nitrogens with two attached hydrogens (primary N) is 1. The number of H-pyrrole nitrogens is 1. The van der Waals surface area contributed by atoms with Gasteiger partial charge in [0.05, 0.1) is 30.5 Å². The van der Waals surface area contributed by atoms with Crippen LogP contribution in [0.15, 0.2) is 18.3 Å². The number of pyridine rings is 1. The van der Waals surface area contributed by atoms with E-state index in [-0.39, 0.29) is 35.0 Å². The Morgan fingerprint density at radius 1 is 1.22 bits per heavy atom. The van der Waals surface area contributed by atoms with Gasteiger partial charge in [-0.15, -0.1) is 0 Å². The highest BCUT2D eigenvalue weighted by atomic mass is 35.5. The number of halogens is 1. The fourth-order valence-electron chi connectivity index (χ4n) is 5.15. The number of rotatable bonds is 8. The molecular formula is C28H34ClN9O3. The smallest absolute Gasteiger partial charge is 0.267 e. The molecule has 2 aliphatic rings.